The van der Waals surface area contributed by atoms with Gasteiger partial charge in [0, 0.05) is 13.1 Å². The minimum Gasteiger partial charge on any atom is -0.484 e. The molecule has 0 bridgehead atoms. The Morgan fingerprint density at radius 1 is 0.969 bits per heavy atom. The van der Waals surface area contributed by atoms with Gasteiger partial charge in [0.05, 0.1) is 5.54 Å². The van der Waals surface area contributed by atoms with E-state index in [0.29, 0.717) is 11.6 Å². The minimum absolute atomic E-state index is 0.0368. The van der Waals surface area contributed by atoms with Gasteiger partial charge in [-0.2, -0.15) is 9.97 Å². The fourth-order valence-electron chi connectivity index (χ4n) is 3.54. The van der Waals surface area contributed by atoms with E-state index in [9.17, 15) is 9.59 Å². The summed E-state index contributed by atoms with van der Waals surface area (Å²) in [6.45, 7) is 16.4. The lowest BCUT2D eigenvalue weighted by Crippen LogP contribution is -2.56. The number of carbonyl (C=O) groups is 2. The Morgan fingerprint density at radius 2 is 1.53 bits per heavy atom. The summed E-state index contributed by atoms with van der Waals surface area (Å²) in [4.78, 5) is 38.2. The van der Waals surface area contributed by atoms with E-state index in [1.54, 1.807) is 20.8 Å². The van der Waals surface area contributed by atoms with Crippen molar-refractivity contribution in [1.82, 2.24) is 9.97 Å². The SMILES string of the molecule is CC(C)(C)OC(=O)Nc1nc(N2CCCC2)c2c(n1)N(C(=O)OC(C)(C)C)C(C)(C)CO2. The first-order chi connectivity index (χ1) is 14.7. The summed E-state index contributed by atoms with van der Waals surface area (Å²) >= 11 is 0. The molecule has 2 aliphatic heterocycles. The van der Waals surface area contributed by atoms with Gasteiger partial charge in [-0.3, -0.25) is 5.32 Å². The number of nitrogens with one attached hydrogen (secondary N) is 1. The molecular weight excluding hydrogens is 414 g/mol. The zero-order valence-corrected chi connectivity index (χ0v) is 20.4. The third-order valence-electron chi connectivity index (χ3n) is 4.81. The van der Waals surface area contributed by atoms with Crippen LogP contribution in [0, 0.1) is 0 Å². The normalized spacial score (nSPS) is 18.0. The van der Waals surface area contributed by atoms with Crippen LogP contribution in [0.5, 0.6) is 5.75 Å². The van der Waals surface area contributed by atoms with Gasteiger partial charge in [0.25, 0.3) is 0 Å². The van der Waals surface area contributed by atoms with Gasteiger partial charge in [-0.05, 0) is 68.2 Å². The lowest BCUT2D eigenvalue weighted by Gasteiger charge is -2.42. The lowest BCUT2D eigenvalue weighted by atomic mass is 10.0. The zero-order valence-electron chi connectivity index (χ0n) is 20.4. The molecule has 3 rings (SSSR count). The molecule has 1 N–H and O–H groups in total. The number of amides is 2. The smallest absolute Gasteiger partial charge is 0.416 e. The largest absolute Gasteiger partial charge is 0.484 e. The molecule has 0 atom stereocenters. The summed E-state index contributed by atoms with van der Waals surface area (Å²) in [6.07, 6.45) is 0.829. The van der Waals surface area contributed by atoms with Crippen molar-refractivity contribution in [2.24, 2.45) is 0 Å². The van der Waals surface area contributed by atoms with Crippen molar-refractivity contribution >= 4 is 29.8 Å². The van der Waals surface area contributed by atoms with Crippen LogP contribution in [-0.2, 0) is 9.47 Å². The number of nitrogens with zero attached hydrogens (tertiary/aromatic N) is 4. The number of rotatable bonds is 2. The Balaban J connectivity index is 2.07. The fraction of sp³-hybridized carbons (Fsp3) is 0.727. The van der Waals surface area contributed by atoms with E-state index in [1.807, 2.05) is 34.6 Å². The second kappa shape index (κ2) is 8.29. The summed E-state index contributed by atoms with van der Waals surface area (Å²) in [5.41, 5.74) is -2.09. The fourth-order valence-corrected chi connectivity index (χ4v) is 3.54. The van der Waals surface area contributed by atoms with Crippen LogP contribution in [0.3, 0.4) is 0 Å². The van der Waals surface area contributed by atoms with Crippen molar-refractivity contribution in [1.29, 1.82) is 0 Å². The van der Waals surface area contributed by atoms with Gasteiger partial charge >= 0.3 is 12.2 Å². The van der Waals surface area contributed by atoms with Gasteiger partial charge in [0.1, 0.15) is 17.8 Å². The van der Waals surface area contributed by atoms with E-state index in [-0.39, 0.29) is 18.4 Å². The second-order valence-electron chi connectivity index (χ2n) is 10.8. The quantitative estimate of drug-likeness (QED) is 0.711. The Morgan fingerprint density at radius 3 is 2.09 bits per heavy atom. The number of aromatic nitrogens is 2. The molecule has 0 aromatic carbocycles. The van der Waals surface area contributed by atoms with E-state index < -0.39 is 28.9 Å². The Hall–Kier alpha value is -2.78. The summed E-state index contributed by atoms with van der Waals surface area (Å²) in [5.74, 6) is 1.25. The van der Waals surface area contributed by atoms with E-state index in [0.717, 1.165) is 25.9 Å². The van der Waals surface area contributed by atoms with E-state index in [2.05, 4.69) is 20.2 Å². The van der Waals surface area contributed by atoms with Crippen molar-refractivity contribution < 1.29 is 23.8 Å². The Bertz CT molecular complexity index is 882. The molecule has 3 heterocycles. The van der Waals surface area contributed by atoms with Crippen LogP contribution >= 0.6 is 0 Å². The average Bonchev–Trinajstić information content (AvgIpc) is 3.11. The zero-order chi connectivity index (χ0) is 23.9. The maximum atomic E-state index is 13.2. The summed E-state index contributed by atoms with van der Waals surface area (Å²) < 4.78 is 17.1. The molecule has 1 aromatic heterocycles. The van der Waals surface area contributed by atoms with Gasteiger partial charge in [-0.1, -0.05) is 0 Å². The molecule has 0 saturated carbocycles. The van der Waals surface area contributed by atoms with Crippen molar-refractivity contribution in [2.45, 2.75) is 85.0 Å². The van der Waals surface area contributed by atoms with Crippen molar-refractivity contribution in [3.05, 3.63) is 0 Å². The Kier molecular flexibility index (Phi) is 6.19. The third kappa shape index (κ3) is 5.52. The van der Waals surface area contributed by atoms with E-state index in [4.69, 9.17) is 14.2 Å². The van der Waals surface area contributed by atoms with Crippen molar-refractivity contribution in [3.8, 4) is 5.75 Å². The highest BCUT2D eigenvalue weighted by atomic mass is 16.6. The van der Waals surface area contributed by atoms with Crippen LogP contribution in [-0.4, -0.2) is 58.6 Å². The maximum absolute atomic E-state index is 13.2. The number of hydrogen-bond donors (Lipinski definition) is 1. The first kappa shape index (κ1) is 23.9. The van der Waals surface area contributed by atoms with Crippen LogP contribution in [0.2, 0.25) is 0 Å². The average molecular weight is 450 g/mol. The Labute approximate surface area is 189 Å². The van der Waals surface area contributed by atoms with Crippen LogP contribution in [0.25, 0.3) is 0 Å². The molecule has 32 heavy (non-hydrogen) atoms. The van der Waals surface area contributed by atoms with Gasteiger partial charge in [-0.25, -0.2) is 14.5 Å². The molecule has 0 radical (unpaired) electrons. The topological polar surface area (TPSA) is 106 Å². The molecular formula is C22H35N5O5. The molecule has 1 saturated heterocycles. The number of carbonyl (C=O) groups excluding carboxylic acids is 2. The highest BCUT2D eigenvalue weighted by Crippen LogP contribution is 2.44. The molecule has 0 aliphatic carbocycles. The molecule has 1 aromatic rings. The summed E-state index contributed by atoms with van der Waals surface area (Å²) in [6, 6.07) is 0. The highest BCUT2D eigenvalue weighted by Gasteiger charge is 2.44. The molecule has 2 aliphatic rings. The van der Waals surface area contributed by atoms with Gasteiger partial charge < -0.3 is 19.1 Å². The molecule has 178 valence electrons. The summed E-state index contributed by atoms with van der Waals surface area (Å²) in [5, 5.41) is 2.60. The molecule has 10 heteroatoms. The highest BCUT2D eigenvalue weighted by molar-refractivity contribution is 5.93. The standard InChI is InChI=1S/C22H35N5O5/c1-20(2,3)31-18(28)25-17-23-15(26-11-9-10-12-26)14-16(24-17)27(22(7,8)13-30-14)19(29)32-21(4,5)6/h9-13H2,1-8H3,(H,23,24,25,28). The van der Waals surface area contributed by atoms with Crippen molar-refractivity contribution in [2.75, 3.05) is 34.8 Å². The molecule has 1 fully saturated rings. The first-order valence-electron chi connectivity index (χ1n) is 11.0. The van der Waals surface area contributed by atoms with Gasteiger partial charge in [0.15, 0.2) is 11.6 Å². The van der Waals surface area contributed by atoms with Crippen LogP contribution in [0.1, 0.15) is 68.2 Å². The number of ether oxygens (including phenoxy) is 3. The number of hydrogen-bond acceptors (Lipinski definition) is 8. The van der Waals surface area contributed by atoms with Crippen LogP contribution in [0.15, 0.2) is 0 Å². The van der Waals surface area contributed by atoms with E-state index in [1.165, 1.54) is 4.90 Å². The molecule has 10 nitrogen and oxygen atoms in total. The lowest BCUT2D eigenvalue weighted by molar-refractivity contribution is 0.0505. The van der Waals surface area contributed by atoms with E-state index >= 15 is 0 Å². The first-order valence-corrected chi connectivity index (χ1v) is 11.0. The molecule has 0 unspecified atom stereocenters. The molecule has 2 amide bonds. The van der Waals surface area contributed by atoms with Gasteiger partial charge in [-0.15, -0.1) is 0 Å². The number of fused-ring (bicyclic) bond motifs is 1. The molecule has 0 spiro atoms. The minimum atomic E-state index is -0.727. The monoisotopic (exact) mass is 449 g/mol. The van der Waals surface area contributed by atoms with Crippen LogP contribution < -0.4 is 19.9 Å². The maximum Gasteiger partial charge on any atom is 0.416 e. The predicted molar refractivity (Wildman–Crippen MR) is 122 cm³/mol. The number of anilines is 3. The van der Waals surface area contributed by atoms with Gasteiger partial charge in [0.2, 0.25) is 11.7 Å². The van der Waals surface area contributed by atoms with Crippen LogP contribution in [0.4, 0.5) is 27.2 Å². The van der Waals surface area contributed by atoms with Crippen molar-refractivity contribution in [3.63, 3.8) is 0 Å². The third-order valence-corrected chi connectivity index (χ3v) is 4.81. The second-order valence-corrected chi connectivity index (χ2v) is 10.8. The predicted octanol–water partition coefficient (Wildman–Crippen LogP) is 4.34. The summed E-state index contributed by atoms with van der Waals surface area (Å²) in [7, 11) is 0.